The van der Waals surface area contributed by atoms with E-state index in [9.17, 15) is 9.59 Å². The zero-order valence-corrected chi connectivity index (χ0v) is 16.9. The van der Waals surface area contributed by atoms with Crippen LogP contribution in [-0.4, -0.2) is 47.6 Å². The fourth-order valence-electron chi connectivity index (χ4n) is 4.48. The first-order valence-corrected chi connectivity index (χ1v) is 10.1. The molecule has 7 nitrogen and oxygen atoms in total. The van der Waals surface area contributed by atoms with Crippen molar-refractivity contribution in [2.75, 3.05) is 19.8 Å². The highest BCUT2D eigenvalue weighted by Crippen LogP contribution is 2.47. The molecule has 8 heteroatoms. The summed E-state index contributed by atoms with van der Waals surface area (Å²) >= 11 is 5.96. The van der Waals surface area contributed by atoms with Gasteiger partial charge in [0.15, 0.2) is 11.5 Å². The Morgan fingerprint density at radius 2 is 2.03 bits per heavy atom. The van der Waals surface area contributed by atoms with Crippen LogP contribution in [0.1, 0.15) is 22.9 Å². The largest absolute Gasteiger partial charge is 0.467 e. The molecule has 0 fully saturated rings. The highest BCUT2D eigenvalue weighted by atomic mass is 35.5. The number of carbonyl (C=O) groups excluding carboxylic acids is 2. The van der Waals surface area contributed by atoms with Crippen LogP contribution in [0, 0.1) is 0 Å². The molecule has 0 saturated heterocycles. The third-order valence-electron chi connectivity index (χ3n) is 5.73. The minimum Gasteiger partial charge on any atom is -0.467 e. The number of esters is 1. The number of aromatic nitrogens is 1. The second-order valence-electron chi connectivity index (χ2n) is 7.22. The van der Waals surface area contributed by atoms with Crippen LogP contribution in [0.3, 0.4) is 0 Å². The Kier molecular flexibility index (Phi) is 4.55. The normalized spacial score (nSPS) is 19.6. The number of H-pyrrole nitrogens is 1. The highest BCUT2D eigenvalue weighted by Gasteiger charge is 2.45. The van der Waals surface area contributed by atoms with Gasteiger partial charge in [0.1, 0.15) is 18.0 Å². The average Bonchev–Trinajstić information content (AvgIpc) is 3.41. The molecule has 2 aromatic carbocycles. The predicted octanol–water partition coefficient (Wildman–Crippen LogP) is 3.15. The SMILES string of the molecule is COC(=O)[C@H]1Cc2c([nH]c3ccccc23)[C@@H](c2cccc3c2OCO3)N1C(=O)CCl. The van der Waals surface area contributed by atoms with Gasteiger partial charge >= 0.3 is 5.97 Å². The van der Waals surface area contributed by atoms with Crippen LogP contribution >= 0.6 is 11.6 Å². The summed E-state index contributed by atoms with van der Waals surface area (Å²) in [7, 11) is 1.32. The van der Waals surface area contributed by atoms with Gasteiger partial charge in [-0.1, -0.05) is 30.3 Å². The molecule has 154 valence electrons. The van der Waals surface area contributed by atoms with Gasteiger partial charge in [-0.15, -0.1) is 11.6 Å². The van der Waals surface area contributed by atoms with Gasteiger partial charge < -0.3 is 24.1 Å². The number of benzene rings is 2. The number of ether oxygens (including phenoxy) is 3. The third kappa shape index (κ3) is 2.73. The number of para-hydroxylation sites is 2. The number of hydrogen-bond acceptors (Lipinski definition) is 5. The maximum absolute atomic E-state index is 13.0. The summed E-state index contributed by atoms with van der Waals surface area (Å²) in [6.07, 6.45) is 0.331. The van der Waals surface area contributed by atoms with E-state index in [-0.39, 0.29) is 18.6 Å². The number of carbonyl (C=O) groups is 2. The van der Waals surface area contributed by atoms with Gasteiger partial charge in [0.25, 0.3) is 0 Å². The Bertz CT molecular complexity index is 1160. The van der Waals surface area contributed by atoms with E-state index in [4.69, 9.17) is 25.8 Å². The van der Waals surface area contributed by atoms with Crippen LogP contribution in [0.4, 0.5) is 0 Å². The molecule has 0 unspecified atom stereocenters. The fraction of sp³-hybridized carbons (Fsp3) is 0.273. The maximum Gasteiger partial charge on any atom is 0.328 e. The van der Waals surface area contributed by atoms with E-state index in [0.717, 1.165) is 27.7 Å². The minimum atomic E-state index is -0.809. The van der Waals surface area contributed by atoms with Gasteiger partial charge in [-0.05, 0) is 17.7 Å². The molecule has 0 saturated carbocycles. The molecule has 0 spiro atoms. The van der Waals surface area contributed by atoms with Crippen molar-refractivity contribution < 1.29 is 23.8 Å². The van der Waals surface area contributed by atoms with Gasteiger partial charge in [0.2, 0.25) is 12.7 Å². The Balaban J connectivity index is 1.79. The molecule has 3 heterocycles. The molecular formula is C22H19ClN2O5. The first-order valence-electron chi connectivity index (χ1n) is 9.57. The van der Waals surface area contributed by atoms with Crippen molar-refractivity contribution in [2.45, 2.75) is 18.5 Å². The number of methoxy groups -OCH3 is 1. The van der Waals surface area contributed by atoms with Crippen molar-refractivity contribution in [2.24, 2.45) is 0 Å². The first-order chi connectivity index (χ1) is 14.6. The molecule has 3 aromatic rings. The molecule has 1 N–H and O–H groups in total. The standard InChI is InChI=1S/C22H19ClN2O5/c1-28-22(27)16-9-14-12-5-2-3-7-15(12)24-19(14)20(25(16)18(26)10-23)13-6-4-8-17-21(13)30-11-29-17/h2-8,16,20,24H,9-11H2,1H3/t16-,20-/m1/s1. The van der Waals surface area contributed by atoms with Gasteiger partial charge in [0.05, 0.1) is 7.11 Å². The van der Waals surface area contributed by atoms with Crippen molar-refractivity contribution in [3.8, 4) is 11.5 Å². The van der Waals surface area contributed by atoms with Gasteiger partial charge in [-0.3, -0.25) is 4.79 Å². The molecule has 0 bridgehead atoms. The lowest BCUT2D eigenvalue weighted by molar-refractivity contribution is -0.154. The molecule has 30 heavy (non-hydrogen) atoms. The third-order valence-corrected chi connectivity index (χ3v) is 5.96. The number of fused-ring (bicyclic) bond motifs is 4. The number of rotatable bonds is 3. The van der Waals surface area contributed by atoms with Crippen molar-refractivity contribution in [3.05, 3.63) is 59.3 Å². The summed E-state index contributed by atoms with van der Waals surface area (Å²) in [5.74, 6) is 0.0528. The quantitative estimate of drug-likeness (QED) is 0.514. The first kappa shape index (κ1) is 18.8. The topological polar surface area (TPSA) is 80.9 Å². The fourth-order valence-corrected chi connectivity index (χ4v) is 4.62. The van der Waals surface area contributed by atoms with E-state index >= 15 is 0 Å². The monoisotopic (exact) mass is 426 g/mol. The number of halogens is 1. The van der Waals surface area contributed by atoms with Crippen molar-refractivity contribution >= 4 is 34.4 Å². The molecule has 2 atom stereocenters. The molecule has 0 aliphatic carbocycles. The Morgan fingerprint density at radius 1 is 1.20 bits per heavy atom. The van der Waals surface area contributed by atoms with Crippen molar-refractivity contribution in [1.29, 1.82) is 0 Å². The van der Waals surface area contributed by atoms with E-state index in [1.54, 1.807) is 0 Å². The Labute approximate surface area is 177 Å². The van der Waals surface area contributed by atoms with Crippen LogP contribution in [0.15, 0.2) is 42.5 Å². The number of aromatic amines is 1. The van der Waals surface area contributed by atoms with Gasteiger partial charge in [0, 0.05) is 28.6 Å². The van der Waals surface area contributed by atoms with E-state index in [2.05, 4.69) is 4.98 Å². The van der Waals surface area contributed by atoms with Crippen molar-refractivity contribution in [3.63, 3.8) is 0 Å². The summed E-state index contributed by atoms with van der Waals surface area (Å²) in [6.45, 7) is 0.0997. The summed E-state index contributed by atoms with van der Waals surface area (Å²) in [6, 6.07) is 12.0. The number of nitrogens with zero attached hydrogens (tertiary/aromatic N) is 1. The average molecular weight is 427 g/mol. The Hall–Kier alpha value is -3.19. The molecule has 1 amide bonds. The summed E-state index contributed by atoms with van der Waals surface area (Å²) in [5.41, 5.74) is 3.46. The van der Waals surface area contributed by atoms with Crippen LogP contribution < -0.4 is 9.47 Å². The van der Waals surface area contributed by atoms with E-state index in [0.29, 0.717) is 17.9 Å². The lowest BCUT2D eigenvalue weighted by Gasteiger charge is -2.40. The van der Waals surface area contributed by atoms with E-state index < -0.39 is 18.1 Å². The number of nitrogens with one attached hydrogen (secondary N) is 1. The van der Waals surface area contributed by atoms with E-state index in [1.807, 2.05) is 42.5 Å². The highest BCUT2D eigenvalue weighted by molar-refractivity contribution is 6.27. The second kappa shape index (κ2) is 7.25. The lowest BCUT2D eigenvalue weighted by atomic mass is 9.87. The lowest BCUT2D eigenvalue weighted by Crippen LogP contribution is -2.52. The second-order valence-corrected chi connectivity index (χ2v) is 7.49. The van der Waals surface area contributed by atoms with Gasteiger partial charge in [-0.25, -0.2) is 4.79 Å². The molecule has 2 aliphatic heterocycles. The summed E-state index contributed by atoms with van der Waals surface area (Å²) in [4.78, 5) is 30.7. The van der Waals surface area contributed by atoms with Crippen LogP contribution in [0.5, 0.6) is 11.5 Å². The molecular weight excluding hydrogens is 408 g/mol. The maximum atomic E-state index is 13.0. The molecule has 1 aromatic heterocycles. The zero-order valence-electron chi connectivity index (χ0n) is 16.2. The summed E-state index contributed by atoms with van der Waals surface area (Å²) in [5, 5.41) is 1.01. The van der Waals surface area contributed by atoms with E-state index in [1.165, 1.54) is 12.0 Å². The number of amides is 1. The molecule has 5 rings (SSSR count). The predicted molar refractivity (Wildman–Crippen MR) is 110 cm³/mol. The molecule has 0 radical (unpaired) electrons. The van der Waals surface area contributed by atoms with Crippen LogP contribution in [-0.2, 0) is 20.7 Å². The smallest absolute Gasteiger partial charge is 0.328 e. The zero-order chi connectivity index (χ0) is 20.8. The molecule has 2 aliphatic rings. The van der Waals surface area contributed by atoms with Crippen LogP contribution in [0.25, 0.3) is 10.9 Å². The number of hydrogen-bond donors (Lipinski definition) is 1. The number of alkyl halides is 1. The van der Waals surface area contributed by atoms with Gasteiger partial charge in [-0.2, -0.15) is 0 Å². The minimum absolute atomic E-state index is 0.0997. The van der Waals surface area contributed by atoms with Crippen LogP contribution in [0.2, 0.25) is 0 Å². The Morgan fingerprint density at radius 3 is 2.83 bits per heavy atom. The van der Waals surface area contributed by atoms with Crippen molar-refractivity contribution in [1.82, 2.24) is 9.88 Å². The summed E-state index contributed by atoms with van der Waals surface area (Å²) < 4.78 is 16.3.